The third-order valence-electron chi connectivity index (χ3n) is 2.81. The summed E-state index contributed by atoms with van der Waals surface area (Å²) in [4.78, 5) is 4.36. The summed E-state index contributed by atoms with van der Waals surface area (Å²) in [7, 11) is -3.12. The van der Waals surface area contributed by atoms with Crippen molar-refractivity contribution in [2.24, 2.45) is 4.99 Å². The van der Waals surface area contributed by atoms with E-state index in [-0.39, 0.29) is 0 Å². The summed E-state index contributed by atoms with van der Waals surface area (Å²) in [5.74, 6) is 0.993. The largest absolute Gasteiger partial charge is 0.361 e. The number of nitrogens with zero attached hydrogens (tertiary/aromatic N) is 1. The van der Waals surface area contributed by atoms with Gasteiger partial charge in [0.2, 0.25) is 10.0 Å². The fourth-order valence-electron chi connectivity index (χ4n) is 1.93. The van der Waals surface area contributed by atoms with E-state index in [1.54, 1.807) is 11.8 Å². The Morgan fingerprint density at radius 2 is 2.15 bits per heavy atom. The predicted molar refractivity (Wildman–Crippen MR) is 84.7 cm³/mol. The Morgan fingerprint density at radius 3 is 2.85 bits per heavy atom. The average molecular weight is 313 g/mol. The number of amidine groups is 1. The quantitative estimate of drug-likeness (QED) is 0.764. The molecule has 1 aliphatic heterocycles. The van der Waals surface area contributed by atoms with E-state index in [0.717, 1.165) is 23.6 Å². The molecule has 1 aliphatic rings. The van der Waals surface area contributed by atoms with Crippen LogP contribution >= 0.6 is 11.8 Å². The highest BCUT2D eigenvalue weighted by molar-refractivity contribution is 8.14. The maximum atomic E-state index is 10.9. The summed E-state index contributed by atoms with van der Waals surface area (Å²) in [5.41, 5.74) is 1.31. The molecule has 7 heteroatoms. The first-order valence-electron chi connectivity index (χ1n) is 6.45. The second-order valence-electron chi connectivity index (χ2n) is 4.70. The van der Waals surface area contributed by atoms with Crippen molar-refractivity contribution in [1.29, 1.82) is 0 Å². The van der Waals surface area contributed by atoms with Gasteiger partial charge in [-0.05, 0) is 12.0 Å². The molecule has 0 amide bonds. The van der Waals surface area contributed by atoms with Crippen molar-refractivity contribution in [3.05, 3.63) is 35.9 Å². The Balaban J connectivity index is 1.75. The van der Waals surface area contributed by atoms with Gasteiger partial charge in [0.15, 0.2) is 5.17 Å². The first-order chi connectivity index (χ1) is 9.53. The third-order valence-corrected chi connectivity index (χ3v) is 4.62. The van der Waals surface area contributed by atoms with Crippen LogP contribution in [-0.4, -0.2) is 44.7 Å². The van der Waals surface area contributed by atoms with E-state index in [1.165, 1.54) is 5.56 Å². The average Bonchev–Trinajstić information content (AvgIpc) is 2.82. The van der Waals surface area contributed by atoms with Gasteiger partial charge in [-0.1, -0.05) is 42.1 Å². The van der Waals surface area contributed by atoms with Gasteiger partial charge >= 0.3 is 0 Å². The van der Waals surface area contributed by atoms with Crippen LogP contribution in [-0.2, 0) is 16.4 Å². The molecule has 1 aromatic carbocycles. The van der Waals surface area contributed by atoms with Crippen LogP contribution in [0.25, 0.3) is 0 Å². The molecule has 1 heterocycles. The molecule has 0 aromatic heterocycles. The molecule has 2 rings (SSSR count). The van der Waals surface area contributed by atoms with Crippen LogP contribution < -0.4 is 10.0 Å². The summed E-state index contributed by atoms with van der Waals surface area (Å²) < 4.78 is 24.2. The highest BCUT2D eigenvalue weighted by atomic mass is 32.2. The number of thioether (sulfide) groups is 1. The van der Waals surface area contributed by atoms with Gasteiger partial charge in [-0.25, -0.2) is 13.1 Å². The van der Waals surface area contributed by atoms with E-state index in [4.69, 9.17) is 0 Å². The molecule has 110 valence electrons. The number of aliphatic imine (C=N–C) groups is 1. The number of nitrogens with one attached hydrogen (secondary N) is 2. The zero-order chi connectivity index (χ0) is 14.4. The molecule has 1 fully saturated rings. The van der Waals surface area contributed by atoms with E-state index in [9.17, 15) is 8.42 Å². The van der Waals surface area contributed by atoms with Crippen molar-refractivity contribution in [2.45, 2.75) is 12.5 Å². The van der Waals surface area contributed by atoms with Crippen molar-refractivity contribution in [3.63, 3.8) is 0 Å². The van der Waals surface area contributed by atoms with Crippen molar-refractivity contribution in [2.75, 3.05) is 25.1 Å². The van der Waals surface area contributed by atoms with Crippen LogP contribution in [0, 0.1) is 0 Å². The number of sulfonamides is 1. The molecule has 0 spiro atoms. The molecule has 1 atom stereocenters. The summed E-state index contributed by atoms with van der Waals surface area (Å²) >= 11 is 1.69. The van der Waals surface area contributed by atoms with Gasteiger partial charge in [-0.3, -0.25) is 4.99 Å². The van der Waals surface area contributed by atoms with Crippen molar-refractivity contribution in [3.8, 4) is 0 Å². The van der Waals surface area contributed by atoms with Crippen molar-refractivity contribution < 1.29 is 8.42 Å². The number of rotatable bonds is 6. The molecule has 5 nitrogen and oxygen atoms in total. The molecule has 0 bridgehead atoms. The minimum absolute atomic E-state index is 0.341. The number of hydrogen-bond donors (Lipinski definition) is 2. The van der Waals surface area contributed by atoms with Crippen LogP contribution in [0.4, 0.5) is 0 Å². The predicted octanol–water partition coefficient (Wildman–Crippen LogP) is 0.839. The van der Waals surface area contributed by atoms with Crippen LogP contribution in [0.15, 0.2) is 35.3 Å². The molecular weight excluding hydrogens is 294 g/mol. The third kappa shape index (κ3) is 5.52. The first kappa shape index (κ1) is 15.3. The molecule has 20 heavy (non-hydrogen) atoms. The molecule has 1 aromatic rings. The normalized spacial score (nSPS) is 21.1. The smallest absolute Gasteiger partial charge is 0.208 e. The number of benzene rings is 1. The standard InChI is InChI=1S/C13H19N3O2S2/c1-20(17,18)15-8-7-14-13-16-12(10-19-13)9-11-5-3-2-4-6-11/h2-6,12,15H,7-10H2,1H3,(H,14,16). The van der Waals surface area contributed by atoms with Crippen molar-refractivity contribution >= 4 is 27.0 Å². The van der Waals surface area contributed by atoms with Gasteiger partial charge in [-0.2, -0.15) is 0 Å². The summed E-state index contributed by atoms with van der Waals surface area (Å²) in [5, 5.41) is 4.28. The van der Waals surface area contributed by atoms with E-state index < -0.39 is 10.0 Å². The maximum Gasteiger partial charge on any atom is 0.208 e. The molecular formula is C13H19N3O2S2. The van der Waals surface area contributed by atoms with Crippen LogP contribution in [0.3, 0.4) is 0 Å². The van der Waals surface area contributed by atoms with E-state index in [2.05, 4.69) is 27.2 Å². The first-order valence-corrected chi connectivity index (χ1v) is 9.33. The van der Waals surface area contributed by atoms with Gasteiger partial charge in [0.1, 0.15) is 0 Å². The van der Waals surface area contributed by atoms with Gasteiger partial charge in [0.25, 0.3) is 0 Å². The Morgan fingerprint density at radius 1 is 1.40 bits per heavy atom. The Labute approximate surface area is 124 Å². The Hall–Kier alpha value is -1.05. The fourth-order valence-corrected chi connectivity index (χ4v) is 3.38. The second-order valence-corrected chi connectivity index (χ2v) is 7.54. The molecule has 0 radical (unpaired) electrons. The molecule has 0 aliphatic carbocycles. The summed E-state index contributed by atoms with van der Waals surface area (Å²) in [6, 6.07) is 10.7. The van der Waals surface area contributed by atoms with E-state index in [1.807, 2.05) is 18.2 Å². The summed E-state index contributed by atoms with van der Waals surface area (Å²) in [6.45, 7) is 0.800. The zero-order valence-corrected chi connectivity index (χ0v) is 13.0. The zero-order valence-electron chi connectivity index (χ0n) is 11.4. The van der Waals surface area contributed by atoms with Gasteiger partial charge < -0.3 is 5.32 Å². The minimum Gasteiger partial charge on any atom is -0.361 e. The molecule has 1 saturated heterocycles. The SMILES string of the molecule is CS(=O)(=O)NCCN=C1NC(Cc2ccccc2)CS1. The van der Waals surface area contributed by atoms with Crippen LogP contribution in [0.5, 0.6) is 0 Å². The van der Waals surface area contributed by atoms with Crippen molar-refractivity contribution in [1.82, 2.24) is 10.0 Å². The number of hydrogen-bond acceptors (Lipinski definition) is 4. The maximum absolute atomic E-state index is 10.9. The fraction of sp³-hybridized carbons (Fsp3) is 0.462. The Bertz CT molecular complexity index is 558. The topological polar surface area (TPSA) is 70.6 Å². The molecule has 1 unspecified atom stereocenters. The van der Waals surface area contributed by atoms with E-state index >= 15 is 0 Å². The molecule has 0 saturated carbocycles. The monoisotopic (exact) mass is 313 g/mol. The highest BCUT2D eigenvalue weighted by Gasteiger charge is 2.20. The van der Waals surface area contributed by atoms with Crippen LogP contribution in [0.2, 0.25) is 0 Å². The summed E-state index contributed by atoms with van der Waals surface area (Å²) in [6.07, 6.45) is 2.13. The lowest BCUT2D eigenvalue weighted by molar-refractivity contribution is 0.588. The lowest BCUT2D eigenvalue weighted by Gasteiger charge is -2.09. The lowest BCUT2D eigenvalue weighted by Crippen LogP contribution is -2.30. The van der Waals surface area contributed by atoms with Gasteiger partial charge in [0, 0.05) is 18.3 Å². The highest BCUT2D eigenvalue weighted by Crippen LogP contribution is 2.17. The minimum atomic E-state index is -3.12. The van der Waals surface area contributed by atoms with E-state index in [0.29, 0.717) is 19.1 Å². The second kappa shape index (κ2) is 7.10. The van der Waals surface area contributed by atoms with Crippen LogP contribution in [0.1, 0.15) is 5.56 Å². The van der Waals surface area contributed by atoms with Gasteiger partial charge in [-0.15, -0.1) is 0 Å². The molecule has 2 N–H and O–H groups in total. The lowest BCUT2D eigenvalue weighted by atomic mass is 10.1. The Kier molecular flexibility index (Phi) is 5.45. The van der Waals surface area contributed by atoms with Gasteiger partial charge in [0.05, 0.1) is 12.8 Å².